The van der Waals surface area contributed by atoms with Gasteiger partial charge in [0.1, 0.15) is 0 Å². The van der Waals surface area contributed by atoms with Crippen LogP contribution in [0.5, 0.6) is 0 Å². The Bertz CT molecular complexity index is 2140. The van der Waals surface area contributed by atoms with Gasteiger partial charge in [0, 0.05) is 33.2 Å². The van der Waals surface area contributed by atoms with E-state index in [1.807, 2.05) is 0 Å². The summed E-state index contributed by atoms with van der Waals surface area (Å²) in [6, 6.07) is 51.6. The Morgan fingerprint density at radius 3 is 1.93 bits per heavy atom. The molecule has 2 aliphatic heterocycles. The molecule has 2 aliphatic rings. The van der Waals surface area contributed by atoms with Crippen molar-refractivity contribution in [3.8, 4) is 5.69 Å². The van der Waals surface area contributed by atoms with Gasteiger partial charge in [-0.25, -0.2) is 0 Å². The van der Waals surface area contributed by atoms with Crippen molar-refractivity contribution in [3.63, 3.8) is 0 Å². The predicted octanol–water partition coefficient (Wildman–Crippen LogP) is 7.72. The van der Waals surface area contributed by atoms with Crippen molar-refractivity contribution < 1.29 is 0 Å². The Labute approximate surface area is 246 Å². The minimum atomic E-state index is -0.110. The van der Waals surface area contributed by atoms with E-state index >= 15 is 0 Å². The molecule has 1 aromatic heterocycles. The molecule has 3 heteroatoms. The third-order valence-electron chi connectivity index (χ3n) is 9.63. The molecule has 0 atom stereocenters. The molecule has 0 amide bonds. The van der Waals surface area contributed by atoms with Crippen LogP contribution in [0.1, 0.15) is 25.0 Å². The van der Waals surface area contributed by atoms with Crippen molar-refractivity contribution in [3.05, 3.63) is 151 Å². The van der Waals surface area contributed by atoms with Gasteiger partial charge in [-0.15, -0.1) is 0 Å². The van der Waals surface area contributed by atoms with E-state index in [-0.39, 0.29) is 12.1 Å². The van der Waals surface area contributed by atoms with Crippen LogP contribution in [0.2, 0.25) is 0 Å². The van der Waals surface area contributed by atoms with Crippen molar-refractivity contribution in [2.24, 2.45) is 0 Å². The van der Waals surface area contributed by atoms with Crippen molar-refractivity contribution in [2.75, 3.05) is 4.90 Å². The number of rotatable bonds is 2. The summed E-state index contributed by atoms with van der Waals surface area (Å²) in [5.74, 6) is 0. The van der Waals surface area contributed by atoms with Crippen molar-refractivity contribution in [2.45, 2.75) is 19.3 Å². The topological polar surface area (TPSA) is 8.17 Å². The maximum atomic E-state index is 2.55. The standard InChI is InChI=1S/C39H29BN2/c1-39(2)30-17-8-11-22-36(30)42-37-25-27(41-34-20-9-6-15-28(34)29-16-7-10-21-35(29)41)23-24-32(37)40(26-13-4-3-5-14-26)33-19-12-18-31(39)38(33)42/h3-25H,1-2H3. The maximum Gasteiger partial charge on any atom is 0.246 e. The van der Waals surface area contributed by atoms with E-state index in [2.05, 4.69) is 163 Å². The molecule has 0 unspecified atom stereocenters. The van der Waals surface area contributed by atoms with Crippen molar-refractivity contribution in [1.82, 2.24) is 4.57 Å². The fourth-order valence-electron chi connectivity index (χ4n) is 7.74. The highest BCUT2D eigenvalue weighted by Gasteiger charge is 2.44. The minimum absolute atomic E-state index is 0.110. The highest BCUT2D eigenvalue weighted by molar-refractivity contribution is 6.98. The third-order valence-corrected chi connectivity index (χ3v) is 9.63. The van der Waals surface area contributed by atoms with E-state index in [9.17, 15) is 0 Å². The Morgan fingerprint density at radius 1 is 0.524 bits per heavy atom. The Morgan fingerprint density at radius 2 is 1.17 bits per heavy atom. The molecule has 0 bridgehead atoms. The lowest BCUT2D eigenvalue weighted by Gasteiger charge is -2.47. The Kier molecular flexibility index (Phi) is 4.79. The monoisotopic (exact) mass is 536 g/mol. The highest BCUT2D eigenvalue weighted by Crippen LogP contribution is 2.52. The number of nitrogens with zero attached hydrogens (tertiary/aromatic N) is 2. The lowest BCUT2D eigenvalue weighted by molar-refractivity contribution is 0.632. The Balaban J connectivity index is 1.39. The summed E-state index contributed by atoms with van der Waals surface area (Å²) >= 11 is 0. The largest absolute Gasteiger partial charge is 0.311 e. The minimum Gasteiger partial charge on any atom is -0.311 e. The number of hydrogen-bond acceptors (Lipinski definition) is 1. The van der Waals surface area contributed by atoms with Gasteiger partial charge in [0.15, 0.2) is 0 Å². The lowest BCUT2D eigenvalue weighted by atomic mass is 9.34. The molecule has 0 fully saturated rings. The second kappa shape index (κ2) is 8.50. The first-order valence-electron chi connectivity index (χ1n) is 14.8. The third kappa shape index (κ3) is 3.06. The molecule has 0 N–H and O–H groups in total. The van der Waals surface area contributed by atoms with Crippen molar-refractivity contribution in [1.29, 1.82) is 0 Å². The number of benzene rings is 6. The van der Waals surface area contributed by atoms with Gasteiger partial charge in [0.05, 0.1) is 16.7 Å². The summed E-state index contributed by atoms with van der Waals surface area (Å²) in [7, 11) is 0. The van der Waals surface area contributed by atoms with Gasteiger partial charge in [-0.05, 0) is 52.4 Å². The zero-order chi connectivity index (χ0) is 28.0. The van der Waals surface area contributed by atoms with Gasteiger partial charge < -0.3 is 9.47 Å². The van der Waals surface area contributed by atoms with E-state index in [0.717, 1.165) is 0 Å². The molecule has 42 heavy (non-hydrogen) atoms. The average Bonchev–Trinajstić information content (AvgIpc) is 3.37. The van der Waals surface area contributed by atoms with E-state index in [4.69, 9.17) is 0 Å². The quantitative estimate of drug-likeness (QED) is 0.205. The summed E-state index contributed by atoms with van der Waals surface area (Å²) in [6.45, 7) is 4.90. The summed E-state index contributed by atoms with van der Waals surface area (Å²) in [6.07, 6.45) is 0. The van der Waals surface area contributed by atoms with Crippen LogP contribution in [0.3, 0.4) is 0 Å². The van der Waals surface area contributed by atoms with E-state index in [1.54, 1.807) is 0 Å². The van der Waals surface area contributed by atoms with Gasteiger partial charge >= 0.3 is 0 Å². The first-order chi connectivity index (χ1) is 20.6. The first-order valence-corrected chi connectivity index (χ1v) is 14.8. The normalized spacial score (nSPS) is 14.5. The van der Waals surface area contributed by atoms with Crippen LogP contribution in [0, 0.1) is 0 Å². The molecule has 0 aliphatic carbocycles. The first kappa shape index (κ1) is 23.7. The summed E-state index contributed by atoms with van der Waals surface area (Å²) < 4.78 is 2.43. The number of anilines is 3. The van der Waals surface area contributed by atoms with Gasteiger partial charge in [0.2, 0.25) is 6.71 Å². The second-order valence-electron chi connectivity index (χ2n) is 12.2. The maximum absolute atomic E-state index is 2.55. The SMILES string of the molecule is CC1(C)c2ccccc2N2c3cc(-n4c5ccccc5c5ccccc54)ccc3B(c3ccccc3)c3cccc1c32. The van der Waals surface area contributed by atoms with Crippen LogP contribution in [-0.2, 0) is 5.41 Å². The number of aromatic nitrogens is 1. The Hall–Kier alpha value is -5.02. The molecule has 9 rings (SSSR count). The fraction of sp³-hybridized carbons (Fsp3) is 0.0769. The number of fused-ring (bicyclic) bond motifs is 7. The van der Waals surface area contributed by atoms with Crippen LogP contribution >= 0.6 is 0 Å². The van der Waals surface area contributed by atoms with E-state index in [1.165, 1.54) is 72.1 Å². The predicted molar refractivity (Wildman–Crippen MR) is 179 cm³/mol. The molecular weight excluding hydrogens is 507 g/mol. The highest BCUT2D eigenvalue weighted by atomic mass is 15.2. The fourth-order valence-corrected chi connectivity index (χ4v) is 7.74. The van der Waals surface area contributed by atoms with E-state index in [0.29, 0.717) is 0 Å². The molecule has 6 aromatic carbocycles. The molecule has 2 nitrogen and oxygen atoms in total. The van der Waals surface area contributed by atoms with Gasteiger partial charge in [0.25, 0.3) is 0 Å². The smallest absolute Gasteiger partial charge is 0.246 e. The van der Waals surface area contributed by atoms with Gasteiger partial charge in [-0.1, -0.05) is 129 Å². The van der Waals surface area contributed by atoms with Crippen LogP contribution in [-0.4, -0.2) is 11.3 Å². The lowest BCUT2D eigenvalue weighted by Crippen LogP contribution is -2.58. The molecule has 198 valence electrons. The zero-order valence-corrected chi connectivity index (χ0v) is 23.8. The number of hydrogen-bond donors (Lipinski definition) is 0. The van der Waals surface area contributed by atoms with Gasteiger partial charge in [-0.2, -0.15) is 0 Å². The molecule has 0 spiro atoms. The van der Waals surface area contributed by atoms with Crippen molar-refractivity contribution >= 4 is 62.0 Å². The summed E-state index contributed by atoms with van der Waals surface area (Å²) in [5, 5.41) is 2.57. The molecule has 0 radical (unpaired) electrons. The molecular formula is C39H29BN2. The van der Waals surface area contributed by atoms with Gasteiger partial charge in [-0.3, -0.25) is 0 Å². The molecule has 0 saturated heterocycles. The van der Waals surface area contributed by atoms with Crippen LogP contribution in [0.25, 0.3) is 27.5 Å². The summed E-state index contributed by atoms with van der Waals surface area (Å²) in [4.78, 5) is 2.55. The zero-order valence-electron chi connectivity index (χ0n) is 23.8. The molecule has 7 aromatic rings. The van der Waals surface area contributed by atoms with E-state index < -0.39 is 0 Å². The summed E-state index contributed by atoms with van der Waals surface area (Å²) in [5.41, 5.74) is 14.2. The number of para-hydroxylation sites is 4. The second-order valence-corrected chi connectivity index (χ2v) is 12.2. The average molecular weight is 536 g/mol. The van der Waals surface area contributed by atoms with Crippen LogP contribution in [0.15, 0.2) is 140 Å². The molecule has 3 heterocycles. The molecule has 0 saturated carbocycles. The van der Waals surface area contributed by atoms with Crippen LogP contribution < -0.4 is 21.3 Å². The van der Waals surface area contributed by atoms with Crippen LogP contribution in [0.4, 0.5) is 17.1 Å².